The molecule has 21 heavy (non-hydrogen) atoms. The van der Waals surface area contributed by atoms with E-state index in [9.17, 15) is 0 Å². The van der Waals surface area contributed by atoms with Gasteiger partial charge >= 0.3 is 0 Å². The van der Waals surface area contributed by atoms with Crippen LogP contribution >= 0.6 is 0 Å². The number of para-hydroxylation sites is 1. The third-order valence-corrected chi connectivity index (χ3v) is 3.47. The Balaban J connectivity index is 1.80. The van der Waals surface area contributed by atoms with E-state index in [2.05, 4.69) is 42.5 Å². The Morgan fingerprint density at radius 3 is 2.90 bits per heavy atom. The highest BCUT2D eigenvalue weighted by Gasteiger charge is 2.11. The third-order valence-electron chi connectivity index (χ3n) is 3.47. The van der Waals surface area contributed by atoms with Crippen LogP contribution in [0.2, 0.25) is 0 Å². The van der Waals surface area contributed by atoms with Crippen molar-refractivity contribution in [3.05, 3.63) is 47.4 Å². The van der Waals surface area contributed by atoms with Crippen molar-refractivity contribution in [3.8, 4) is 0 Å². The van der Waals surface area contributed by atoms with Gasteiger partial charge in [-0.15, -0.1) is 5.10 Å². The van der Waals surface area contributed by atoms with Crippen LogP contribution in [0.1, 0.15) is 30.9 Å². The quantitative estimate of drug-likeness (QED) is 0.782. The maximum Gasteiger partial charge on any atom is 0.126 e. The van der Waals surface area contributed by atoms with Crippen LogP contribution in [0.5, 0.6) is 0 Å². The van der Waals surface area contributed by atoms with Crippen LogP contribution in [-0.2, 0) is 13.1 Å². The van der Waals surface area contributed by atoms with Crippen LogP contribution in [0.25, 0.3) is 11.0 Å². The van der Waals surface area contributed by atoms with Gasteiger partial charge in [-0.1, -0.05) is 31.2 Å². The molecule has 0 aliphatic carbocycles. The fraction of sp³-hybridized carbons (Fsp3) is 0.375. The minimum Gasteiger partial charge on any atom is -0.462 e. The van der Waals surface area contributed by atoms with Crippen molar-refractivity contribution in [2.45, 2.75) is 39.9 Å². The van der Waals surface area contributed by atoms with Gasteiger partial charge in [-0.3, -0.25) is 0 Å². The second kappa shape index (κ2) is 5.69. The van der Waals surface area contributed by atoms with Crippen LogP contribution in [-0.4, -0.2) is 21.0 Å². The molecule has 3 aromatic rings. The van der Waals surface area contributed by atoms with Crippen molar-refractivity contribution < 1.29 is 4.42 Å². The molecular weight excluding hydrogens is 264 g/mol. The Hall–Kier alpha value is -2.14. The van der Waals surface area contributed by atoms with Gasteiger partial charge in [0, 0.05) is 6.04 Å². The Kier molecular flexibility index (Phi) is 3.75. The zero-order chi connectivity index (χ0) is 14.8. The Bertz CT molecular complexity index is 742. The molecule has 0 spiro atoms. The largest absolute Gasteiger partial charge is 0.462 e. The summed E-state index contributed by atoms with van der Waals surface area (Å²) >= 11 is 0. The molecule has 0 aliphatic heterocycles. The van der Waals surface area contributed by atoms with Gasteiger partial charge in [-0.2, -0.15) is 0 Å². The van der Waals surface area contributed by atoms with E-state index in [1.165, 1.54) is 5.56 Å². The Morgan fingerprint density at radius 2 is 2.10 bits per heavy atom. The van der Waals surface area contributed by atoms with Crippen molar-refractivity contribution in [2.24, 2.45) is 0 Å². The summed E-state index contributed by atoms with van der Waals surface area (Å²) in [6.45, 7) is 7.68. The third kappa shape index (κ3) is 2.97. The van der Waals surface area contributed by atoms with Crippen LogP contribution in [0.4, 0.5) is 0 Å². The first-order valence-electron chi connectivity index (χ1n) is 7.23. The van der Waals surface area contributed by atoms with Crippen molar-refractivity contribution in [2.75, 3.05) is 0 Å². The monoisotopic (exact) mass is 284 g/mol. The second-order valence-corrected chi connectivity index (χ2v) is 5.59. The normalized spacial score (nSPS) is 11.6. The average Bonchev–Trinajstić information content (AvgIpc) is 3.01. The van der Waals surface area contributed by atoms with Gasteiger partial charge in [-0.25, -0.2) is 4.68 Å². The highest BCUT2D eigenvalue weighted by Crippen LogP contribution is 2.17. The molecule has 2 aromatic heterocycles. The minimum absolute atomic E-state index is 0.442. The number of fused-ring (bicyclic) bond motifs is 1. The maximum atomic E-state index is 5.94. The van der Waals surface area contributed by atoms with Gasteiger partial charge in [0.25, 0.3) is 0 Å². The molecule has 0 bridgehead atoms. The van der Waals surface area contributed by atoms with E-state index in [4.69, 9.17) is 4.42 Å². The molecular formula is C16H20N4O. The van der Waals surface area contributed by atoms with E-state index in [0.29, 0.717) is 12.6 Å². The lowest BCUT2D eigenvalue weighted by molar-refractivity contribution is 0.420. The van der Waals surface area contributed by atoms with E-state index in [0.717, 1.165) is 29.1 Å². The number of hydrogen-bond acceptors (Lipinski definition) is 4. The number of furan rings is 1. The van der Waals surface area contributed by atoms with Gasteiger partial charge in [0.05, 0.1) is 12.1 Å². The molecule has 1 aromatic carbocycles. The summed E-state index contributed by atoms with van der Waals surface area (Å²) in [5.74, 6) is 1.90. The lowest BCUT2D eigenvalue weighted by Gasteiger charge is -2.06. The highest BCUT2D eigenvalue weighted by atomic mass is 16.3. The van der Waals surface area contributed by atoms with Crippen molar-refractivity contribution in [3.63, 3.8) is 0 Å². The zero-order valence-electron chi connectivity index (χ0n) is 12.6. The number of nitrogens with zero attached hydrogens (tertiary/aromatic N) is 3. The number of benzene rings is 1. The SMILES string of the molecule is Cc1cc(Cn2nnc3ccccc32)oc1CNC(C)C. The van der Waals surface area contributed by atoms with E-state index >= 15 is 0 Å². The predicted octanol–water partition coefficient (Wildman–Crippen LogP) is 2.88. The van der Waals surface area contributed by atoms with Crippen molar-refractivity contribution in [1.29, 1.82) is 0 Å². The molecule has 110 valence electrons. The number of nitrogens with one attached hydrogen (secondary N) is 1. The molecule has 0 amide bonds. The van der Waals surface area contributed by atoms with Crippen LogP contribution < -0.4 is 5.32 Å². The summed E-state index contributed by atoms with van der Waals surface area (Å²) < 4.78 is 7.80. The first kappa shape index (κ1) is 13.8. The number of hydrogen-bond donors (Lipinski definition) is 1. The molecule has 0 radical (unpaired) electrons. The van der Waals surface area contributed by atoms with Crippen LogP contribution in [0, 0.1) is 6.92 Å². The molecule has 0 atom stereocenters. The average molecular weight is 284 g/mol. The summed E-state index contributed by atoms with van der Waals surface area (Å²) in [6.07, 6.45) is 0. The van der Waals surface area contributed by atoms with Crippen LogP contribution in [0.15, 0.2) is 34.7 Å². The summed E-state index contributed by atoms with van der Waals surface area (Å²) in [5, 5.41) is 11.7. The lowest BCUT2D eigenvalue weighted by atomic mass is 10.2. The van der Waals surface area contributed by atoms with Gasteiger partial charge < -0.3 is 9.73 Å². The topological polar surface area (TPSA) is 55.9 Å². The Labute approximate surface area is 123 Å². The molecule has 0 saturated heterocycles. The second-order valence-electron chi connectivity index (χ2n) is 5.59. The molecule has 0 fully saturated rings. The molecule has 2 heterocycles. The fourth-order valence-corrected chi connectivity index (χ4v) is 2.32. The van der Waals surface area contributed by atoms with Gasteiger partial charge in [0.15, 0.2) is 0 Å². The van der Waals surface area contributed by atoms with Crippen molar-refractivity contribution in [1.82, 2.24) is 20.3 Å². The molecule has 1 N–H and O–H groups in total. The first-order valence-corrected chi connectivity index (χ1v) is 7.23. The zero-order valence-corrected chi connectivity index (χ0v) is 12.6. The van der Waals surface area contributed by atoms with Crippen LogP contribution in [0.3, 0.4) is 0 Å². The smallest absolute Gasteiger partial charge is 0.126 e. The number of aryl methyl sites for hydroxylation is 1. The summed E-state index contributed by atoms with van der Waals surface area (Å²) in [5.41, 5.74) is 3.10. The minimum atomic E-state index is 0.442. The fourth-order valence-electron chi connectivity index (χ4n) is 2.32. The summed E-state index contributed by atoms with van der Waals surface area (Å²) in [7, 11) is 0. The number of rotatable bonds is 5. The molecule has 5 heteroatoms. The van der Waals surface area contributed by atoms with E-state index in [1.54, 1.807) is 0 Å². The van der Waals surface area contributed by atoms with Gasteiger partial charge in [-0.05, 0) is 30.7 Å². The predicted molar refractivity (Wildman–Crippen MR) is 82.1 cm³/mol. The maximum absolute atomic E-state index is 5.94. The van der Waals surface area contributed by atoms with E-state index < -0.39 is 0 Å². The van der Waals surface area contributed by atoms with Crippen molar-refractivity contribution >= 4 is 11.0 Å². The molecule has 0 saturated carbocycles. The molecule has 0 aliphatic rings. The highest BCUT2D eigenvalue weighted by molar-refractivity contribution is 5.73. The summed E-state index contributed by atoms with van der Waals surface area (Å²) in [4.78, 5) is 0. The molecule has 3 rings (SSSR count). The molecule has 5 nitrogen and oxygen atoms in total. The van der Waals surface area contributed by atoms with E-state index in [1.807, 2.05) is 28.9 Å². The molecule has 0 unspecified atom stereocenters. The lowest BCUT2D eigenvalue weighted by Crippen LogP contribution is -2.21. The van der Waals surface area contributed by atoms with Gasteiger partial charge in [0.2, 0.25) is 0 Å². The Morgan fingerprint density at radius 1 is 1.29 bits per heavy atom. The number of aromatic nitrogens is 3. The first-order chi connectivity index (χ1) is 10.1. The standard InChI is InChI=1S/C16H20N4O/c1-11(2)17-9-16-12(3)8-13(21-16)10-20-15-7-5-4-6-14(15)18-19-20/h4-8,11,17H,9-10H2,1-3H3. The summed E-state index contributed by atoms with van der Waals surface area (Å²) in [6, 6.07) is 10.5. The van der Waals surface area contributed by atoms with E-state index in [-0.39, 0.29) is 0 Å². The van der Waals surface area contributed by atoms with Gasteiger partial charge in [0.1, 0.15) is 23.6 Å².